The molecule has 1 saturated heterocycles. The van der Waals surface area contributed by atoms with Crippen LogP contribution < -0.4 is 5.32 Å². The zero-order valence-electron chi connectivity index (χ0n) is 20.7. The number of morpholine rings is 1. The fourth-order valence-electron chi connectivity index (χ4n) is 5.38. The Morgan fingerprint density at radius 2 is 1.89 bits per heavy atom. The summed E-state index contributed by atoms with van der Waals surface area (Å²) in [7, 11) is 0. The predicted molar refractivity (Wildman–Crippen MR) is 139 cm³/mol. The highest BCUT2D eigenvalue weighted by Crippen LogP contribution is 2.40. The number of ether oxygens (including phenoxy) is 1. The second kappa shape index (κ2) is 10.7. The van der Waals surface area contributed by atoms with Crippen molar-refractivity contribution >= 4 is 11.4 Å². The molecule has 186 valence electrons. The van der Waals surface area contributed by atoms with Crippen molar-refractivity contribution in [2.45, 2.75) is 44.1 Å². The number of nitriles is 1. The van der Waals surface area contributed by atoms with E-state index in [-0.39, 0.29) is 5.82 Å². The van der Waals surface area contributed by atoms with Gasteiger partial charge in [0.1, 0.15) is 5.82 Å². The molecule has 2 fully saturated rings. The summed E-state index contributed by atoms with van der Waals surface area (Å²) in [6, 6.07) is 15.6. The van der Waals surface area contributed by atoms with Crippen molar-refractivity contribution < 1.29 is 9.13 Å². The first-order chi connectivity index (χ1) is 17.6. The average molecular weight is 486 g/mol. The van der Waals surface area contributed by atoms with Crippen LogP contribution in [0.4, 0.5) is 10.1 Å². The Morgan fingerprint density at radius 1 is 1.14 bits per heavy atom. The summed E-state index contributed by atoms with van der Waals surface area (Å²) in [5, 5.41) is 13.6. The summed E-state index contributed by atoms with van der Waals surface area (Å²) in [5.41, 5.74) is 4.08. The normalized spacial score (nSPS) is 23.2. The second-order valence-corrected chi connectivity index (χ2v) is 9.62. The molecule has 7 heteroatoms. The monoisotopic (exact) mass is 485 g/mol. The van der Waals surface area contributed by atoms with Crippen LogP contribution in [0.25, 0.3) is 11.4 Å². The highest BCUT2D eigenvalue weighted by Gasteiger charge is 2.40. The van der Waals surface area contributed by atoms with Gasteiger partial charge in [0, 0.05) is 48.5 Å². The van der Waals surface area contributed by atoms with E-state index in [2.05, 4.69) is 16.3 Å². The molecule has 0 spiro atoms. The molecular formula is C29H32FN5O. The molecule has 2 aromatic heterocycles. The van der Waals surface area contributed by atoms with Crippen molar-refractivity contribution in [1.29, 1.82) is 5.26 Å². The van der Waals surface area contributed by atoms with Crippen molar-refractivity contribution in [3.63, 3.8) is 0 Å². The number of pyridine rings is 1. The number of allylic oxidation sites excluding steroid dienone is 1. The van der Waals surface area contributed by atoms with E-state index < -0.39 is 5.41 Å². The van der Waals surface area contributed by atoms with Gasteiger partial charge in [-0.05, 0) is 75.1 Å². The summed E-state index contributed by atoms with van der Waals surface area (Å²) in [4.78, 5) is 7.26. The first-order valence-corrected chi connectivity index (χ1v) is 12.7. The number of anilines is 1. The molecule has 2 aliphatic rings. The van der Waals surface area contributed by atoms with Gasteiger partial charge in [0.25, 0.3) is 0 Å². The zero-order valence-corrected chi connectivity index (χ0v) is 20.7. The van der Waals surface area contributed by atoms with Gasteiger partial charge in [-0.15, -0.1) is 0 Å². The number of aromatic nitrogens is 2. The third kappa shape index (κ3) is 5.06. The van der Waals surface area contributed by atoms with E-state index in [0.717, 1.165) is 80.3 Å². The maximum absolute atomic E-state index is 13.3. The number of nitrogens with zero attached hydrogens (tertiary/aromatic N) is 4. The van der Waals surface area contributed by atoms with Crippen molar-refractivity contribution in [3.8, 4) is 11.8 Å². The number of hydrogen-bond donors (Lipinski definition) is 1. The SMILES string of the molecule is CC=C(Nc1ccc(C2(C#N)CCC(N3CCOCC3)CC2)nc1)c1ccn(-c2ccc(F)cc2)c1. The van der Waals surface area contributed by atoms with Crippen molar-refractivity contribution in [2.75, 3.05) is 31.6 Å². The van der Waals surface area contributed by atoms with Crippen LogP contribution in [0, 0.1) is 17.1 Å². The third-order valence-corrected chi connectivity index (χ3v) is 7.53. The van der Waals surface area contributed by atoms with Crippen molar-refractivity contribution in [2.24, 2.45) is 0 Å². The largest absolute Gasteiger partial charge is 0.379 e. The van der Waals surface area contributed by atoms with Gasteiger partial charge in [-0.1, -0.05) is 6.08 Å². The fraction of sp³-hybridized carbons (Fsp3) is 0.379. The van der Waals surface area contributed by atoms with Crippen LogP contribution in [0.1, 0.15) is 43.9 Å². The molecule has 1 aliphatic heterocycles. The molecule has 0 atom stereocenters. The highest BCUT2D eigenvalue weighted by atomic mass is 19.1. The fourth-order valence-corrected chi connectivity index (χ4v) is 5.38. The summed E-state index contributed by atoms with van der Waals surface area (Å²) < 4.78 is 20.7. The predicted octanol–water partition coefficient (Wildman–Crippen LogP) is 5.52. The van der Waals surface area contributed by atoms with Gasteiger partial charge in [0.05, 0.1) is 42.3 Å². The van der Waals surface area contributed by atoms with Crippen LogP contribution in [-0.2, 0) is 10.2 Å². The lowest BCUT2D eigenvalue weighted by molar-refractivity contribution is 0.00493. The number of halogens is 1. The molecule has 5 rings (SSSR count). The minimum absolute atomic E-state index is 0.249. The van der Waals surface area contributed by atoms with Crippen LogP contribution in [0.2, 0.25) is 0 Å². The summed E-state index contributed by atoms with van der Waals surface area (Å²) in [6.07, 6.45) is 11.5. The summed E-state index contributed by atoms with van der Waals surface area (Å²) in [5.74, 6) is -0.249. The van der Waals surface area contributed by atoms with Crippen LogP contribution >= 0.6 is 0 Å². The topological polar surface area (TPSA) is 66.1 Å². The van der Waals surface area contributed by atoms with Gasteiger partial charge >= 0.3 is 0 Å². The Kier molecular flexibility index (Phi) is 7.17. The molecule has 3 heterocycles. The maximum atomic E-state index is 13.3. The molecule has 1 N–H and O–H groups in total. The number of hydrogen-bond acceptors (Lipinski definition) is 5. The Hall–Kier alpha value is -3.47. The minimum Gasteiger partial charge on any atom is -0.379 e. The maximum Gasteiger partial charge on any atom is 0.123 e. The zero-order chi connectivity index (χ0) is 25.0. The molecule has 1 saturated carbocycles. The number of rotatable bonds is 6. The molecule has 36 heavy (non-hydrogen) atoms. The molecule has 0 radical (unpaired) electrons. The molecule has 3 aromatic rings. The van der Waals surface area contributed by atoms with Gasteiger partial charge in [0.2, 0.25) is 0 Å². The van der Waals surface area contributed by atoms with Crippen LogP contribution in [0.5, 0.6) is 0 Å². The van der Waals surface area contributed by atoms with Crippen molar-refractivity contribution in [3.05, 3.63) is 84.2 Å². The van der Waals surface area contributed by atoms with E-state index in [1.165, 1.54) is 12.1 Å². The lowest BCUT2D eigenvalue weighted by Crippen LogP contribution is -2.47. The van der Waals surface area contributed by atoms with E-state index >= 15 is 0 Å². The lowest BCUT2D eigenvalue weighted by atomic mass is 9.71. The molecule has 1 aromatic carbocycles. The quantitative estimate of drug-likeness (QED) is 0.498. The van der Waals surface area contributed by atoms with E-state index in [0.29, 0.717) is 6.04 Å². The molecule has 0 bridgehead atoms. The minimum atomic E-state index is -0.517. The van der Waals surface area contributed by atoms with Crippen LogP contribution in [-0.4, -0.2) is 46.8 Å². The average Bonchev–Trinajstić information content (AvgIpc) is 3.43. The second-order valence-electron chi connectivity index (χ2n) is 9.62. The van der Waals surface area contributed by atoms with E-state index in [9.17, 15) is 9.65 Å². The standard InChI is InChI=1S/C29H32FN5O/c1-2-27(22-11-14-35(20-22)25-6-3-23(30)4-7-25)33-24-5-8-28(32-19-24)29(21-31)12-9-26(10-13-29)34-15-17-36-18-16-34/h2-8,11,14,19-20,26,33H,9-10,12-13,15-18H2,1H3. The number of nitrogens with one attached hydrogen (secondary N) is 1. The molecule has 0 unspecified atom stereocenters. The summed E-state index contributed by atoms with van der Waals surface area (Å²) >= 11 is 0. The molecule has 1 aliphatic carbocycles. The Bertz CT molecular complexity index is 1230. The highest BCUT2D eigenvalue weighted by molar-refractivity contribution is 5.76. The summed E-state index contributed by atoms with van der Waals surface area (Å²) in [6.45, 7) is 5.58. The molecule has 6 nitrogen and oxygen atoms in total. The van der Waals surface area contributed by atoms with E-state index in [4.69, 9.17) is 9.72 Å². The first kappa shape index (κ1) is 24.2. The Labute approximate surface area is 212 Å². The van der Waals surface area contributed by atoms with Gasteiger partial charge in [-0.2, -0.15) is 5.26 Å². The van der Waals surface area contributed by atoms with E-state index in [1.54, 1.807) is 12.1 Å². The smallest absolute Gasteiger partial charge is 0.123 e. The Balaban J connectivity index is 1.25. The van der Waals surface area contributed by atoms with Crippen LogP contribution in [0.3, 0.4) is 0 Å². The molecule has 0 amide bonds. The third-order valence-electron chi connectivity index (χ3n) is 7.53. The Morgan fingerprint density at radius 3 is 2.53 bits per heavy atom. The van der Waals surface area contributed by atoms with Gasteiger partial charge < -0.3 is 14.6 Å². The van der Waals surface area contributed by atoms with Gasteiger partial charge in [-0.25, -0.2) is 4.39 Å². The van der Waals surface area contributed by atoms with Crippen LogP contribution in [0.15, 0.2) is 67.1 Å². The first-order valence-electron chi connectivity index (χ1n) is 12.7. The van der Waals surface area contributed by atoms with Gasteiger partial charge in [-0.3, -0.25) is 9.88 Å². The lowest BCUT2D eigenvalue weighted by Gasteiger charge is -2.41. The van der Waals surface area contributed by atoms with Gasteiger partial charge in [0.15, 0.2) is 0 Å². The molecular weight excluding hydrogens is 453 g/mol. The van der Waals surface area contributed by atoms with E-state index in [1.807, 2.05) is 54.4 Å². The van der Waals surface area contributed by atoms with Crippen molar-refractivity contribution in [1.82, 2.24) is 14.5 Å². The number of benzene rings is 1.